The van der Waals surface area contributed by atoms with Gasteiger partial charge in [-0.1, -0.05) is 23.7 Å². The molecule has 2 aromatic heterocycles. The normalized spacial score (nSPS) is 10.7. The lowest BCUT2D eigenvalue weighted by Gasteiger charge is -2.09. The number of aromatic nitrogens is 2. The number of carbonyl (C=O) groups is 2. The highest BCUT2D eigenvalue weighted by atomic mass is 35.5. The van der Waals surface area contributed by atoms with Gasteiger partial charge in [0.05, 0.1) is 12.1 Å². The summed E-state index contributed by atoms with van der Waals surface area (Å²) in [4.78, 5) is 29.4. The lowest BCUT2D eigenvalue weighted by molar-refractivity contribution is -0.121. The van der Waals surface area contributed by atoms with Crippen LogP contribution in [0.3, 0.4) is 0 Å². The summed E-state index contributed by atoms with van der Waals surface area (Å²) in [6.07, 6.45) is 3.74. The molecule has 0 unspecified atom stereocenters. The maximum Gasteiger partial charge on any atom is 0.269 e. The molecule has 2 heterocycles. The number of benzene rings is 2. The van der Waals surface area contributed by atoms with Crippen LogP contribution in [0.1, 0.15) is 21.6 Å². The van der Waals surface area contributed by atoms with Crippen molar-refractivity contribution in [1.82, 2.24) is 20.2 Å². The van der Waals surface area contributed by atoms with E-state index >= 15 is 0 Å². The zero-order chi connectivity index (χ0) is 20.9. The summed E-state index contributed by atoms with van der Waals surface area (Å²) in [5.41, 5.74) is 6.80. The van der Waals surface area contributed by atoms with Crippen molar-refractivity contribution in [2.45, 2.75) is 13.0 Å². The van der Waals surface area contributed by atoms with Crippen molar-refractivity contribution >= 4 is 39.7 Å². The van der Waals surface area contributed by atoms with Gasteiger partial charge in [-0.15, -0.1) is 11.3 Å². The number of rotatable bonds is 6. The fourth-order valence-corrected chi connectivity index (χ4v) is 3.56. The van der Waals surface area contributed by atoms with Gasteiger partial charge in [-0.25, -0.2) is 4.98 Å². The van der Waals surface area contributed by atoms with E-state index in [1.807, 2.05) is 16.0 Å². The van der Waals surface area contributed by atoms with Crippen molar-refractivity contribution in [2.75, 3.05) is 0 Å². The van der Waals surface area contributed by atoms with Gasteiger partial charge in [-0.2, -0.15) is 0 Å². The first-order chi connectivity index (χ1) is 14.6. The topological polar surface area (TPSA) is 84.7 Å². The molecule has 0 bridgehead atoms. The maximum atomic E-state index is 12.2. The third kappa shape index (κ3) is 4.97. The van der Waals surface area contributed by atoms with Crippen LogP contribution in [0.4, 0.5) is 0 Å². The minimum Gasteiger partial charge on any atom is -0.489 e. The van der Waals surface area contributed by atoms with Gasteiger partial charge in [0.1, 0.15) is 12.4 Å². The Morgan fingerprint density at radius 3 is 2.57 bits per heavy atom. The Labute approximate surface area is 181 Å². The quantitative estimate of drug-likeness (QED) is 0.448. The van der Waals surface area contributed by atoms with Crippen LogP contribution in [0.2, 0.25) is 5.02 Å². The first-order valence-corrected chi connectivity index (χ1v) is 10.3. The fourth-order valence-electron chi connectivity index (χ4n) is 2.72. The standard InChI is InChI=1S/C21H17ClN4O3S/c22-16-5-7-18(8-6-16)29-13-14-1-3-15(4-2-14)20(28)25-24-19(27)11-17-12-26-9-10-30-21(26)23-17/h1-10,12H,11,13H2,(H,24,27)(H,25,28). The average molecular weight is 441 g/mol. The molecule has 4 rings (SSSR count). The molecule has 0 fully saturated rings. The Balaban J connectivity index is 1.25. The van der Waals surface area contributed by atoms with Crippen molar-refractivity contribution in [3.05, 3.63) is 88.1 Å². The molecule has 2 aromatic carbocycles. The molecule has 0 saturated heterocycles. The molecular formula is C21H17ClN4O3S. The third-order valence-electron chi connectivity index (χ3n) is 4.24. The van der Waals surface area contributed by atoms with Crippen LogP contribution >= 0.6 is 22.9 Å². The summed E-state index contributed by atoms with van der Waals surface area (Å²) >= 11 is 7.34. The largest absolute Gasteiger partial charge is 0.489 e. The minimum atomic E-state index is -0.403. The Morgan fingerprint density at radius 1 is 1.07 bits per heavy atom. The molecule has 0 spiro atoms. The summed E-state index contributed by atoms with van der Waals surface area (Å²) in [5.74, 6) is -0.0390. The summed E-state index contributed by atoms with van der Waals surface area (Å²) < 4.78 is 7.53. The minimum absolute atomic E-state index is 0.0790. The highest BCUT2D eigenvalue weighted by Crippen LogP contribution is 2.17. The number of nitrogens with one attached hydrogen (secondary N) is 2. The summed E-state index contributed by atoms with van der Waals surface area (Å²) in [5, 5.41) is 2.57. The average Bonchev–Trinajstić information content (AvgIpc) is 3.34. The number of ether oxygens (including phenoxy) is 1. The van der Waals surface area contributed by atoms with Gasteiger partial charge in [0, 0.05) is 28.4 Å². The Morgan fingerprint density at radius 2 is 1.83 bits per heavy atom. The van der Waals surface area contributed by atoms with Crippen LogP contribution in [-0.4, -0.2) is 21.2 Å². The lowest BCUT2D eigenvalue weighted by atomic mass is 10.1. The number of hydrogen-bond acceptors (Lipinski definition) is 5. The highest BCUT2D eigenvalue weighted by molar-refractivity contribution is 7.15. The SMILES string of the molecule is O=C(Cc1cn2ccsc2n1)NNC(=O)c1ccc(COc2ccc(Cl)cc2)cc1. The second kappa shape index (κ2) is 8.98. The number of hydrogen-bond donors (Lipinski definition) is 2. The Hall–Kier alpha value is -3.36. The molecule has 0 aliphatic heterocycles. The predicted molar refractivity (Wildman–Crippen MR) is 115 cm³/mol. The second-order valence-electron chi connectivity index (χ2n) is 6.44. The van der Waals surface area contributed by atoms with E-state index in [0.717, 1.165) is 10.5 Å². The Kier molecular flexibility index (Phi) is 5.97. The molecule has 2 amide bonds. The van der Waals surface area contributed by atoms with Crippen LogP contribution in [0.5, 0.6) is 5.75 Å². The second-order valence-corrected chi connectivity index (χ2v) is 7.75. The number of halogens is 1. The molecule has 0 aliphatic carbocycles. The number of thiazole rings is 1. The molecule has 4 aromatic rings. The number of nitrogens with zero attached hydrogens (tertiary/aromatic N) is 2. The van der Waals surface area contributed by atoms with Crippen molar-refractivity contribution < 1.29 is 14.3 Å². The fraction of sp³-hybridized carbons (Fsp3) is 0.0952. The van der Waals surface area contributed by atoms with Gasteiger partial charge in [0.15, 0.2) is 4.96 Å². The van der Waals surface area contributed by atoms with Crippen LogP contribution in [0, 0.1) is 0 Å². The van der Waals surface area contributed by atoms with Gasteiger partial charge < -0.3 is 4.74 Å². The van der Waals surface area contributed by atoms with Crippen molar-refractivity contribution in [3.63, 3.8) is 0 Å². The molecule has 7 nitrogen and oxygen atoms in total. The monoisotopic (exact) mass is 440 g/mol. The first-order valence-electron chi connectivity index (χ1n) is 9.04. The van der Waals surface area contributed by atoms with Crippen LogP contribution in [-0.2, 0) is 17.8 Å². The molecule has 30 heavy (non-hydrogen) atoms. The van der Waals surface area contributed by atoms with Gasteiger partial charge in [0.2, 0.25) is 5.91 Å². The van der Waals surface area contributed by atoms with Crippen LogP contribution in [0.15, 0.2) is 66.3 Å². The van der Waals surface area contributed by atoms with Crippen molar-refractivity contribution in [2.24, 2.45) is 0 Å². The van der Waals surface area contributed by atoms with Gasteiger partial charge >= 0.3 is 0 Å². The molecule has 152 valence electrons. The van der Waals surface area contributed by atoms with E-state index in [4.69, 9.17) is 16.3 Å². The summed E-state index contributed by atoms with van der Waals surface area (Å²) in [6.45, 7) is 0.363. The zero-order valence-electron chi connectivity index (χ0n) is 15.7. The van der Waals surface area contributed by atoms with Crippen molar-refractivity contribution in [1.29, 1.82) is 0 Å². The molecule has 0 atom stereocenters. The number of imidazole rings is 1. The van der Waals surface area contributed by atoms with E-state index in [-0.39, 0.29) is 12.3 Å². The number of carbonyl (C=O) groups excluding carboxylic acids is 2. The van der Waals surface area contributed by atoms with Crippen molar-refractivity contribution in [3.8, 4) is 5.75 Å². The maximum absolute atomic E-state index is 12.2. The zero-order valence-corrected chi connectivity index (χ0v) is 17.2. The third-order valence-corrected chi connectivity index (χ3v) is 5.26. The van der Waals surface area contributed by atoms with E-state index in [1.165, 1.54) is 11.3 Å². The number of amides is 2. The van der Waals surface area contributed by atoms with Crippen LogP contribution < -0.4 is 15.6 Å². The highest BCUT2D eigenvalue weighted by Gasteiger charge is 2.11. The smallest absolute Gasteiger partial charge is 0.269 e. The van der Waals surface area contributed by atoms with E-state index in [2.05, 4.69) is 15.8 Å². The summed E-state index contributed by atoms with van der Waals surface area (Å²) in [7, 11) is 0. The number of hydrazine groups is 1. The van der Waals surface area contributed by atoms with E-state index < -0.39 is 5.91 Å². The lowest BCUT2D eigenvalue weighted by Crippen LogP contribution is -2.42. The molecule has 2 N–H and O–H groups in total. The molecule has 0 aliphatic rings. The van der Waals surface area contributed by atoms with E-state index in [0.29, 0.717) is 28.6 Å². The molecule has 0 radical (unpaired) electrons. The van der Waals surface area contributed by atoms with Crippen LogP contribution in [0.25, 0.3) is 4.96 Å². The predicted octanol–water partition coefficient (Wildman–Crippen LogP) is 3.63. The van der Waals surface area contributed by atoms with E-state index in [1.54, 1.807) is 54.7 Å². The Bertz CT molecular complexity index is 1140. The molecular weight excluding hydrogens is 424 g/mol. The first kappa shape index (κ1) is 19.9. The van der Waals surface area contributed by atoms with Gasteiger partial charge in [-0.3, -0.25) is 24.8 Å². The molecule has 0 saturated carbocycles. The van der Waals surface area contributed by atoms with Gasteiger partial charge in [-0.05, 0) is 42.0 Å². The van der Waals surface area contributed by atoms with E-state index in [9.17, 15) is 9.59 Å². The van der Waals surface area contributed by atoms with Gasteiger partial charge in [0.25, 0.3) is 5.91 Å². The summed E-state index contributed by atoms with van der Waals surface area (Å²) in [6, 6.07) is 14.0. The number of fused-ring (bicyclic) bond motifs is 1. The molecule has 9 heteroatoms.